The number of aromatic nitrogens is 2. The van der Waals surface area contributed by atoms with Crippen molar-refractivity contribution in [3.05, 3.63) is 47.6 Å². The van der Waals surface area contributed by atoms with E-state index in [1.807, 2.05) is 18.2 Å². The summed E-state index contributed by atoms with van der Waals surface area (Å²) in [5.74, 6) is 0.853. The van der Waals surface area contributed by atoms with E-state index in [1.165, 1.54) is 13.3 Å². The van der Waals surface area contributed by atoms with Crippen LogP contribution in [0, 0.1) is 0 Å². The van der Waals surface area contributed by atoms with E-state index in [0.29, 0.717) is 16.7 Å². The first kappa shape index (κ1) is 11.9. The lowest BCUT2D eigenvalue weighted by atomic mass is 10.1. The van der Waals surface area contributed by atoms with Crippen LogP contribution in [0.1, 0.15) is 17.5 Å². The average molecular weight is 273 g/mol. The van der Waals surface area contributed by atoms with Gasteiger partial charge in [0, 0.05) is 17.9 Å². The molecule has 0 amide bonds. The largest absolute Gasteiger partial charge is 0.453 e. The molecule has 5 heteroatoms. The van der Waals surface area contributed by atoms with Gasteiger partial charge in [0.2, 0.25) is 0 Å². The molecular formula is C14H9ClN2O2. The van der Waals surface area contributed by atoms with Crippen molar-refractivity contribution in [3.63, 3.8) is 0 Å². The summed E-state index contributed by atoms with van der Waals surface area (Å²) in [5.41, 5.74) is 1.60. The van der Waals surface area contributed by atoms with E-state index in [0.717, 1.165) is 16.5 Å². The summed E-state index contributed by atoms with van der Waals surface area (Å²) in [4.78, 5) is 19.3. The molecule has 0 saturated heterocycles. The van der Waals surface area contributed by atoms with E-state index in [2.05, 4.69) is 9.97 Å². The first-order chi connectivity index (χ1) is 9.15. The number of nitrogens with zero attached hydrogens (tertiary/aromatic N) is 2. The molecule has 0 spiro atoms. The highest BCUT2D eigenvalue weighted by molar-refractivity contribution is 6.34. The number of hydrogen-bond donors (Lipinski definition) is 0. The number of fused-ring (bicyclic) bond motifs is 1. The molecule has 0 aliphatic rings. The number of carbonyl (C=O) groups excluding carboxylic acids is 1. The Morgan fingerprint density at radius 2 is 2.05 bits per heavy atom. The van der Waals surface area contributed by atoms with Gasteiger partial charge < -0.3 is 4.42 Å². The van der Waals surface area contributed by atoms with Crippen LogP contribution in [0.15, 0.2) is 41.1 Å². The zero-order chi connectivity index (χ0) is 13.4. The molecule has 94 valence electrons. The van der Waals surface area contributed by atoms with E-state index >= 15 is 0 Å². The maximum Gasteiger partial charge on any atom is 0.194 e. The van der Waals surface area contributed by atoms with Gasteiger partial charge in [0.1, 0.15) is 17.2 Å². The van der Waals surface area contributed by atoms with E-state index < -0.39 is 0 Å². The summed E-state index contributed by atoms with van der Waals surface area (Å²) in [6, 6.07) is 8.98. The van der Waals surface area contributed by atoms with Crippen LogP contribution in [0.2, 0.25) is 5.15 Å². The van der Waals surface area contributed by atoms with Crippen LogP contribution in [0.4, 0.5) is 0 Å². The maximum absolute atomic E-state index is 11.2. The standard InChI is InChI=1S/C14H9ClN2O2/c1-8(18)12-4-5-13(19-12)9-2-3-11-10(6-9)14(15)17-7-16-11/h2-7H,1H3. The van der Waals surface area contributed by atoms with Gasteiger partial charge in [-0.15, -0.1) is 0 Å². The maximum atomic E-state index is 11.2. The van der Waals surface area contributed by atoms with Gasteiger partial charge in [-0.25, -0.2) is 9.97 Å². The van der Waals surface area contributed by atoms with Crippen LogP contribution in [0.25, 0.3) is 22.2 Å². The molecule has 4 nitrogen and oxygen atoms in total. The summed E-state index contributed by atoms with van der Waals surface area (Å²) >= 11 is 6.04. The van der Waals surface area contributed by atoms with Crippen LogP contribution in [-0.4, -0.2) is 15.8 Å². The highest BCUT2D eigenvalue weighted by Gasteiger charge is 2.10. The molecule has 0 N–H and O–H groups in total. The molecule has 3 aromatic rings. The van der Waals surface area contributed by atoms with E-state index in [-0.39, 0.29) is 5.78 Å². The Balaban J connectivity index is 2.14. The third-order valence-electron chi connectivity index (χ3n) is 2.82. The molecule has 0 radical (unpaired) electrons. The first-order valence-corrected chi connectivity index (χ1v) is 6.04. The minimum absolute atomic E-state index is 0.103. The van der Waals surface area contributed by atoms with Gasteiger partial charge in [-0.1, -0.05) is 11.6 Å². The van der Waals surface area contributed by atoms with Crippen LogP contribution in [0.5, 0.6) is 0 Å². The van der Waals surface area contributed by atoms with Crippen molar-refractivity contribution in [3.8, 4) is 11.3 Å². The van der Waals surface area contributed by atoms with Crippen molar-refractivity contribution in [2.75, 3.05) is 0 Å². The smallest absolute Gasteiger partial charge is 0.194 e. The number of hydrogen-bond acceptors (Lipinski definition) is 4. The number of carbonyl (C=O) groups is 1. The van der Waals surface area contributed by atoms with Gasteiger partial charge in [0.05, 0.1) is 5.52 Å². The number of ketones is 1. The second kappa shape index (κ2) is 4.48. The normalized spacial score (nSPS) is 10.8. The lowest BCUT2D eigenvalue weighted by Crippen LogP contribution is -1.86. The summed E-state index contributed by atoms with van der Waals surface area (Å²) in [6.07, 6.45) is 1.42. The molecule has 2 aromatic heterocycles. The molecule has 19 heavy (non-hydrogen) atoms. The van der Waals surface area contributed by atoms with E-state index in [1.54, 1.807) is 12.1 Å². The van der Waals surface area contributed by atoms with Gasteiger partial charge in [0.15, 0.2) is 11.5 Å². The molecule has 0 atom stereocenters. The van der Waals surface area contributed by atoms with Crippen molar-refractivity contribution in [1.82, 2.24) is 9.97 Å². The van der Waals surface area contributed by atoms with Crippen LogP contribution < -0.4 is 0 Å². The van der Waals surface area contributed by atoms with Gasteiger partial charge in [-0.3, -0.25) is 4.79 Å². The highest BCUT2D eigenvalue weighted by Crippen LogP contribution is 2.28. The Hall–Kier alpha value is -2.20. The highest BCUT2D eigenvalue weighted by atomic mass is 35.5. The minimum Gasteiger partial charge on any atom is -0.453 e. The third kappa shape index (κ3) is 2.11. The summed E-state index contributed by atoms with van der Waals surface area (Å²) < 4.78 is 5.49. The predicted molar refractivity (Wildman–Crippen MR) is 72.3 cm³/mol. The Morgan fingerprint density at radius 1 is 1.21 bits per heavy atom. The van der Waals surface area contributed by atoms with Crippen molar-refractivity contribution in [1.29, 1.82) is 0 Å². The fourth-order valence-electron chi connectivity index (χ4n) is 1.86. The van der Waals surface area contributed by atoms with Crippen LogP contribution >= 0.6 is 11.6 Å². The molecule has 2 heterocycles. The number of halogens is 1. The Morgan fingerprint density at radius 3 is 2.79 bits per heavy atom. The number of Topliss-reactive ketones (excluding diaryl/α,β-unsaturated/α-hetero) is 1. The third-order valence-corrected chi connectivity index (χ3v) is 3.13. The Bertz CT molecular complexity index is 780. The van der Waals surface area contributed by atoms with E-state index in [4.69, 9.17) is 16.0 Å². The number of rotatable bonds is 2. The quantitative estimate of drug-likeness (QED) is 0.527. The fourth-order valence-corrected chi connectivity index (χ4v) is 2.06. The Labute approximate surface area is 114 Å². The molecule has 3 rings (SSSR count). The zero-order valence-corrected chi connectivity index (χ0v) is 10.8. The van der Waals surface area contributed by atoms with Gasteiger partial charge in [-0.2, -0.15) is 0 Å². The topological polar surface area (TPSA) is 56.0 Å². The van der Waals surface area contributed by atoms with Gasteiger partial charge in [-0.05, 0) is 30.3 Å². The molecule has 0 aliphatic heterocycles. The summed E-state index contributed by atoms with van der Waals surface area (Å²) in [7, 11) is 0. The molecule has 0 aliphatic carbocycles. The second-order valence-electron chi connectivity index (χ2n) is 4.12. The SMILES string of the molecule is CC(=O)c1ccc(-c2ccc3ncnc(Cl)c3c2)o1. The number of furan rings is 1. The van der Waals surface area contributed by atoms with Crippen molar-refractivity contribution >= 4 is 28.3 Å². The fraction of sp³-hybridized carbons (Fsp3) is 0.0714. The molecule has 0 saturated carbocycles. The zero-order valence-electron chi connectivity index (χ0n) is 10.1. The summed E-state index contributed by atoms with van der Waals surface area (Å²) in [5, 5.41) is 1.15. The van der Waals surface area contributed by atoms with Crippen LogP contribution in [0.3, 0.4) is 0 Å². The molecule has 0 unspecified atom stereocenters. The number of benzene rings is 1. The lowest BCUT2D eigenvalue weighted by molar-refractivity contribution is 0.0988. The van der Waals surface area contributed by atoms with Crippen LogP contribution in [-0.2, 0) is 0 Å². The Kier molecular flexibility index (Phi) is 2.80. The molecular weight excluding hydrogens is 264 g/mol. The lowest BCUT2D eigenvalue weighted by Gasteiger charge is -2.01. The minimum atomic E-state index is -0.103. The van der Waals surface area contributed by atoms with Crippen molar-refractivity contribution in [2.45, 2.75) is 6.92 Å². The van der Waals surface area contributed by atoms with Gasteiger partial charge >= 0.3 is 0 Å². The first-order valence-electron chi connectivity index (χ1n) is 5.66. The van der Waals surface area contributed by atoms with Gasteiger partial charge in [0.25, 0.3) is 0 Å². The predicted octanol–water partition coefficient (Wildman–Crippen LogP) is 3.75. The van der Waals surface area contributed by atoms with Crippen molar-refractivity contribution in [2.24, 2.45) is 0 Å². The second-order valence-corrected chi connectivity index (χ2v) is 4.47. The van der Waals surface area contributed by atoms with E-state index in [9.17, 15) is 4.79 Å². The monoisotopic (exact) mass is 272 g/mol. The molecule has 0 bridgehead atoms. The molecule has 0 fully saturated rings. The summed E-state index contributed by atoms with van der Waals surface area (Å²) in [6.45, 7) is 1.47. The molecule has 1 aromatic carbocycles. The van der Waals surface area contributed by atoms with Crippen molar-refractivity contribution < 1.29 is 9.21 Å². The average Bonchev–Trinajstić information content (AvgIpc) is 2.89.